The van der Waals surface area contributed by atoms with Crippen LogP contribution in [0.3, 0.4) is 0 Å². The summed E-state index contributed by atoms with van der Waals surface area (Å²) in [5.74, 6) is 0.658. The molecule has 2 heterocycles. The Morgan fingerprint density at radius 3 is 2.77 bits per heavy atom. The Kier molecular flexibility index (Phi) is 2.19. The van der Waals surface area contributed by atoms with Crippen molar-refractivity contribution in [2.24, 2.45) is 0 Å². The van der Waals surface area contributed by atoms with E-state index in [2.05, 4.69) is 35.4 Å². The highest BCUT2D eigenvalue weighted by molar-refractivity contribution is 5.53. The van der Waals surface area contributed by atoms with Gasteiger partial charge in [-0.25, -0.2) is 0 Å². The summed E-state index contributed by atoms with van der Waals surface area (Å²) in [6, 6.07) is 2.08. The highest BCUT2D eigenvalue weighted by Gasteiger charge is 2.22. The number of hydrogen-bond acceptors (Lipinski definition) is 3. The van der Waals surface area contributed by atoms with Crippen LogP contribution in [-0.4, -0.2) is 32.2 Å². The first kappa shape index (κ1) is 8.51. The molecule has 70 valence electrons. The Morgan fingerprint density at radius 1 is 1.46 bits per heavy atom. The summed E-state index contributed by atoms with van der Waals surface area (Å²) in [6.45, 7) is 2.18. The molecule has 1 aromatic heterocycles. The Balaban J connectivity index is 2.31. The third kappa shape index (κ3) is 1.52. The molecule has 13 heavy (non-hydrogen) atoms. The van der Waals surface area contributed by atoms with Crippen molar-refractivity contribution >= 4 is 5.69 Å². The molecule has 0 amide bonds. The van der Waals surface area contributed by atoms with Crippen molar-refractivity contribution in [1.29, 1.82) is 0 Å². The number of rotatable bonds is 2. The fourth-order valence-electron chi connectivity index (χ4n) is 1.63. The van der Waals surface area contributed by atoms with E-state index in [4.69, 9.17) is 0 Å². The predicted octanol–water partition coefficient (Wildman–Crippen LogP) is 0.834. The highest BCUT2D eigenvalue weighted by Crippen LogP contribution is 2.27. The van der Waals surface area contributed by atoms with Crippen LogP contribution in [0.4, 0.5) is 5.69 Å². The normalized spacial score (nSPS) is 16.8. The van der Waals surface area contributed by atoms with Gasteiger partial charge in [-0.3, -0.25) is 4.98 Å². The van der Waals surface area contributed by atoms with E-state index in [1.54, 1.807) is 0 Å². The van der Waals surface area contributed by atoms with Crippen molar-refractivity contribution in [1.82, 2.24) is 10.3 Å². The molecule has 1 aliphatic rings. The second-order valence-electron chi connectivity index (χ2n) is 3.68. The van der Waals surface area contributed by atoms with Gasteiger partial charge >= 0.3 is 0 Å². The molecule has 0 aromatic carbocycles. The third-order valence-electron chi connectivity index (χ3n) is 2.53. The Morgan fingerprint density at radius 2 is 2.23 bits per heavy atom. The molecule has 0 aliphatic carbocycles. The fraction of sp³-hybridized carbons (Fsp3) is 0.500. The molecule has 1 fully saturated rings. The summed E-state index contributed by atoms with van der Waals surface area (Å²) in [5, 5.41) is 3.28. The molecule has 0 atom stereocenters. The van der Waals surface area contributed by atoms with Crippen molar-refractivity contribution < 1.29 is 0 Å². The van der Waals surface area contributed by atoms with Gasteiger partial charge in [-0.15, -0.1) is 0 Å². The zero-order valence-electron chi connectivity index (χ0n) is 8.12. The number of hydrogen-bond donors (Lipinski definition) is 1. The van der Waals surface area contributed by atoms with E-state index in [1.807, 2.05) is 12.4 Å². The number of pyridine rings is 1. The summed E-state index contributed by atoms with van der Waals surface area (Å²) in [7, 11) is 4.15. The molecule has 1 aromatic rings. The molecule has 0 spiro atoms. The zero-order chi connectivity index (χ0) is 9.26. The molecule has 3 nitrogen and oxygen atoms in total. The average Bonchev–Trinajstić information content (AvgIpc) is 2.02. The van der Waals surface area contributed by atoms with Crippen LogP contribution in [0, 0.1) is 0 Å². The van der Waals surface area contributed by atoms with Gasteiger partial charge in [0.1, 0.15) is 0 Å². The lowest BCUT2D eigenvalue weighted by Gasteiger charge is -2.30. The molecule has 1 aliphatic heterocycles. The van der Waals surface area contributed by atoms with Gasteiger partial charge in [0.2, 0.25) is 0 Å². The molecule has 0 radical (unpaired) electrons. The maximum atomic E-state index is 4.18. The first-order chi connectivity index (χ1) is 6.29. The van der Waals surface area contributed by atoms with Crippen LogP contribution < -0.4 is 10.2 Å². The summed E-state index contributed by atoms with van der Waals surface area (Å²) < 4.78 is 0. The van der Waals surface area contributed by atoms with Gasteiger partial charge in [0.15, 0.2) is 0 Å². The average molecular weight is 177 g/mol. The van der Waals surface area contributed by atoms with Gasteiger partial charge in [-0.05, 0) is 11.6 Å². The van der Waals surface area contributed by atoms with Crippen LogP contribution in [0.15, 0.2) is 18.5 Å². The topological polar surface area (TPSA) is 28.2 Å². The van der Waals surface area contributed by atoms with Crippen LogP contribution in [0.2, 0.25) is 0 Å². The Hall–Kier alpha value is -1.09. The largest absolute Gasteiger partial charge is 0.377 e. The van der Waals surface area contributed by atoms with E-state index < -0.39 is 0 Å². The minimum absolute atomic E-state index is 0.658. The molecule has 0 unspecified atom stereocenters. The van der Waals surface area contributed by atoms with Crippen molar-refractivity contribution in [3.8, 4) is 0 Å². The van der Waals surface area contributed by atoms with Crippen molar-refractivity contribution in [3.63, 3.8) is 0 Å². The predicted molar refractivity (Wildman–Crippen MR) is 54.2 cm³/mol. The summed E-state index contributed by atoms with van der Waals surface area (Å²) in [5.41, 5.74) is 2.66. The van der Waals surface area contributed by atoms with Gasteiger partial charge < -0.3 is 10.2 Å². The van der Waals surface area contributed by atoms with E-state index in [0.717, 1.165) is 13.1 Å². The fourth-order valence-corrected chi connectivity index (χ4v) is 1.63. The van der Waals surface area contributed by atoms with Crippen LogP contribution in [0.1, 0.15) is 11.5 Å². The monoisotopic (exact) mass is 177 g/mol. The van der Waals surface area contributed by atoms with Gasteiger partial charge in [-0.2, -0.15) is 0 Å². The third-order valence-corrected chi connectivity index (χ3v) is 2.53. The maximum absolute atomic E-state index is 4.18. The molecule has 2 rings (SSSR count). The molecular weight excluding hydrogens is 162 g/mol. The second-order valence-corrected chi connectivity index (χ2v) is 3.68. The van der Waals surface area contributed by atoms with Gasteiger partial charge in [0.25, 0.3) is 0 Å². The smallest absolute Gasteiger partial charge is 0.0428 e. The van der Waals surface area contributed by atoms with E-state index in [1.165, 1.54) is 11.3 Å². The lowest BCUT2D eigenvalue weighted by atomic mass is 9.93. The quantitative estimate of drug-likeness (QED) is 0.725. The summed E-state index contributed by atoms with van der Waals surface area (Å²) in [4.78, 5) is 6.32. The molecular formula is C10H15N3. The van der Waals surface area contributed by atoms with Gasteiger partial charge in [-0.1, -0.05) is 0 Å². The zero-order valence-corrected chi connectivity index (χ0v) is 8.12. The highest BCUT2D eigenvalue weighted by atomic mass is 15.1. The molecule has 0 saturated carbocycles. The second kappa shape index (κ2) is 3.34. The first-order valence-corrected chi connectivity index (χ1v) is 4.61. The number of aromatic nitrogens is 1. The van der Waals surface area contributed by atoms with Crippen LogP contribution in [0.25, 0.3) is 0 Å². The van der Waals surface area contributed by atoms with Crippen LogP contribution in [0.5, 0.6) is 0 Å². The van der Waals surface area contributed by atoms with Crippen molar-refractivity contribution in [3.05, 3.63) is 24.0 Å². The van der Waals surface area contributed by atoms with Crippen LogP contribution >= 0.6 is 0 Å². The standard InChI is InChI=1S/C10H15N3/c1-13(2)10-3-4-11-7-9(10)8-5-12-6-8/h3-4,7-8,12H,5-6H2,1-2H3. The Bertz CT molecular complexity index is 292. The molecule has 1 N–H and O–H groups in total. The minimum Gasteiger partial charge on any atom is -0.377 e. The lowest BCUT2D eigenvalue weighted by molar-refractivity contribution is 0.447. The summed E-state index contributed by atoms with van der Waals surface area (Å²) in [6.07, 6.45) is 3.84. The maximum Gasteiger partial charge on any atom is 0.0428 e. The van der Waals surface area contributed by atoms with E-state index in [9.17, 15) is 0 Å². The molecule has 0 bridgehead atoms. The number of nitrogens with one attached hydrogen (secondary N) is 1. The first-order valence-electron chi connectivity index (χ1n) is 4.61. The van der Waals surface area contributed by atoms with E-state index in [-0.39, 0.29) is 0 Å². The van der Waals surface area contributed by atoms with Crippen molar-refractivity contribution in [2.75, 3.05) is 32.1 Å². The molecule has 3 heteroatoms. The van der Waals surface area contributed by atoms with E-state index in [0.29, 0.717) is 5.92 Å². The molecule has 1 saturated heterocycles. The van der Waals surface area contributed by atoms with E-state index >= 15 is 0 Å². The Labute approximate surface area is 78.8 Å². The lowest BCUT2D eigenvalue weighted by Crippen LogP contribution is -2.40. The summed E-state index contributed by atoms with van der Waals surface area (Å²) >= 11 is 0. The SMILES string of the molecule is CN(C)c1ccncc1C1CNC1. The minimum atomic E-state index is 0.658. The van der Waals surface area contributed by atoms with Gasteiger partial charge in [0, 0.05) is 51.2 Å². The van der Waals surface area contributed by atoms with Crippen molar-refractivity contribution in [2.45, 2.75) is 5.92 Å². The number of nitrogens with zero attached hydrogens (tertiary/aromatic N) is 2. The van der Waals surface area contributed by atoms with Crippen LogP contribution in [-0.2, 0) is 0 Å². The van der Waals surface area contributed by atoms with Gasteiger partial charge in [0.05, 0.1) is 0 Å². The number of anilines is 1.